The Labute approximate surface area is 182 Å². The van der Waals surface area contributed by atoms with E-state index in [1.165, 1.54) is 11.3 Å². The van der Waals surface area contributed by atoms with Crippen LogP contribution in [0.1, 0.15) is 44.1 Å². The van der Waals surface area contributed by atoms with Crippen molar-refractivity contribution in [3.05, 3.63) is 46.2 Å². The predicted molar refractivity (Wildman–Crippen MR) is 123 cm³/mol. The third-order valence-corrected chi connectivity index (χ3v) is 6.40. The number of carbonyl (C=O) groups is 1. The molecule has 1 aromatic heterocycles. The molecule has 0 saturated carbocycles. The summed E-state index contributed by atoms with van der Waals surface area (Å²) < 4.78 is 5.58. The molecule has 1 saturated heterocycles. The van der Waals surface area contributed by atoms with Gasteiger partial charge in [-0.05, 0) is 75.2 Å². The Balaban J connectivity index is 1.47. The van der Waals surface area contributed by atoms with E-state index in [4.69, 9.17) is 10.5 Å². The molecule has 0 radical (unpaired) electrons. The molecule has 0 bridgehead atoms. The van der Waals surface area contributed by atoms with E-state index in [2.05, 4.69) is 22.0 Å². The minimum Gasteiger partial charge on any atom is -0.444 e. The molecule has 6 nitrogen and oxygen atoms in total. The van der Waals surface area contributed by atoms with Crippen LogP contribution in [0.15, 0.2) is 40.7 Å². The second kappa shape index (κ2) is 8.30. The number of amides is 1. The molecule has 2 N–H and O–H groups in total. The van der Waals surface area contributed by atoms with Crippen molar-refractivity contribution >= 4 is 34.6 Å². The van der Waals surface area contributed by atoms with Gasteiger partial charge in [-0.3, -0.25) is 0 Å². The molecule has 0 aliphatic carbocycles. The Bertz CT molecular complexity index is 933. The van der Waals surface area contributed by atoms with Crippen LogP contribution < -0.4 is 10.6 Å². The van der Waals surface area contributed by atoms with E-state index in [0.717, 1.165) is 42.9 Å². The van der Waals surface area contributed by atoms with E-state index < -0.39 is 5.60 Å². The first-order valence-electron chi connectivity index (χ1n) is 10.6. The monoisotopic (exact) mass is 426 g/mol. The highest BCUT2D eigenvalue weighted by molar-refractivity contribution is 7.12. The summed E-state index contributed by atoms with van der Waals surface area (Å²) in [4.78, 5) is 22.4. The molecule has 1 fully saturated rings. The Morgan fingerprint density at radius 3 is 2.83 bits per heavy atom. The zero-order valence-corrected chi connectivity index (χ0v) is 18.7. The first-order chi connectivity index (χ1) is 14.3. The fraction of sp³-hybridized carbons (Fsp3) is 0.478. The van der Waals surface area contributed by atoms with Crippen LogP contribution in [0.25, 0.3) is 0 Å². The van der Waals surface area contributed by atoms with Crippen LogP contribution in [0.5, 0.6) is 0 Å². The number of hydrogen-bond acceptors (Lipinski definition) is 5. The standard InChI is InChI=1S/C23H30N4O2S/c1-23(2,3)29-22(28)26-11-4-6-18(15-26)27-12-10-16-14-17(8-9-19(16)27)25-21(24)20-7-5-13-30-20/h5,7-9,13-14,18H,4,6,10-12,15H2,1-3H3,(H2,24,25). The predicted octanol–water partition coefficient (Wildman–Crippen LogP) is 4.55. The summed E-state index contributed by atoms with van der Waals surface area (Å²) in [5.74, 6) is 0.556. The molecule has 160 valence electrons. The van der Waals surface area contributed by atoms with E-state index in [-0.39, 0.29) is 6.09 Å². The summed E-state index contributed by atoms with van der Waals surface area (Å²) in [6.07, 6.45) is 2.86. The maximum atomic E-state index is 12.5. The minimum absolute atomic E-state index is 0.208. The van der Waals surface area contributed by atoms with Gasteiger partial charge in [0.05, 0.1) is 10.6 Å². The Kier molecular flexibility index (Phi) is 5.73. The van der Waals surface area contributed by atoms with Gasteiger partial charge in [0, 0.05) is 31.4 Å². The molecule has 30 heavy (non-hydrogen) atoms. The molecular weight excluding hydrogens is 396 g/mol. The largest absolute Gasteiger partial charge is 0.444 e. The quantitative estimate of drug-likeness (QED) is 0.577. The van der Waals surface area contributed by atoms with Gasteiger partial charge in [0.15, 0.2) is 0 Å². The molecule has 1 aromatic carbocycles. The fourth-order valence-electron chi connectivity index (χ4n) is 4.18. The number of carbonyl (C=O) groups excluding carboxylic acids is 1. The molecule has 1 unspecified atom stereocenters. The van der Waals surface area contributed by atoms with Gasteiger partial charge in [0.1, 0.15) is 11.4 Å². The zero-order valence-electron chi connectivity index (χ0n) is 17.9. The van der Waals surface area contributed by atoms with E-state index >= 15 is 0 Å². The van der Waals surface area contributed by atoms with Crippen LogP contribution in [0.2, 0.25) is 0 Å². The third kappa shape index (κ3) is 4.61. The lowest BCUT2D eigenvalue weighted by Crippen LogP contribution is -2.50. The highest BCUT2D eigenvalue weighted by atomic mass is 32.1. The SMILES string of the molecule is CC(C)(C)OC(=O)N1CCCC(N2CCc3cc(N=C(N)c4cccs4)ccc32)C1. The summed E-state index contributed by atoms with van der Waals surface area (Å²) >= 11 is 1.59. The number of benzene rings is 1. The third-order valence-electron chi connectivity index (χ3n) is 5.51. The smallest absolute Gasteiger partial charge is 0.410 e. The molecule has 1 amide bonds. The summed E-state index contributed by atoms with van der Waals surface area (Å²) in [6.45, 7) is 8.17. The summed E-state index contributed by atoms with van der Waals surface area (Å²) in [6, 6.07) is 10.6. The topological polar surface area (TPSA) is 71.2 Å². The van der Waals surface area contributed by atoms with Gasteiger partial charge >= 0.3 is 6.09 Å². The van der Waals surface area contributed by atoms with E-state index in [1.807, 2.05) is 49.3 Å². The number of anilines is 1. The summed E-state index contributed by atoms with van der Waals surface area (Å²) in [5.41, 5.74) is 9.12. The lowest BCUT2D eigenvalue weighted by molar-refractivity contribution is 0.0198. The number of ether oxygens (including phenoxy) is 1. The van der Waals surface area contributed by atoms with Crippen molar-refractivity contribution in [3.63, 3.8) is 0 Å². The van der Waals surface area contributed by atoms with E-state index in [1.54, 1.807) is 11.3 Å². The van der Waals surface area contributed by atoms with Gasteiger partial charge in [-0.2, -0.15) is 0 Å². The van der Waals surface area contributed by atoms with Gasteiger partial charge in [-0.15, -0.1) is 11.3 Å². The maximum Gasteiger partial charge on any atom is 0.410 e. The van der Waals surface area contributed by atoms with Crippen molar-refractivity contribution in [2.75, 3.05) is 24.5 Å². The van der Waals surface area contributed by atoms with Crippen LogP contribution in [0.3, 0.4) is 0 Å². The number of piperidine rings is 1. The number of rotatable bonds is 3. The van der Waals surface area contributed by atoms with Crippen LogP contribution in [-0.2, 0) is 11.2 Å². The average molecular weight is 427 g/mol. The van der Waals surface area contributed by atoms with Crippen LogP contribution in [-0.4, -0.2) is 48.1 Å². The minimum atomic E-state index is -0.466. The second-order valence-corrected chi connectivity index (χ2v) is 9.90. The highest BCUT2D eigenvalue weighted by Gasteiger charge is 2.33. The molecule has 1 atom stereocenters. The van der Waals surface area contributed by atoms with Crippen molar-refractivity contribution in [2.24, 2.45) is 10.7 Å². The van der Waals surface area contributed by atoms with Crippen LogP contribution in [0.4, 0.5) is 16.2 Å². The number of nitrogens with zero attached hydrogens (tertiary/aromatic N) is 3. The van der Waals surface area contributed by atoms with Gasteiger partial charge in [-0.1, -0.05) is 6.07 Å². The molecule has 2 aliphatic rings. The fourth-order valence-corrected chi connectivity index (χ4v) is 4.81. The molecule has 2 aliphatic heterocycles. The molecule has 0 spiro atoms. The first kappa shape index (κ1) is 20.7. The lowest BCUT2D eigenvalue weighted by Gasteiger charge is -2.39. The molecule has 4 rings (SSSR count). The van der Waals surface area contributed by atoms with Gasteiger partial charge in [0.25, 0.3) is 0 Å². The van der Waals surface area contributed by atoms with Crippen molar-refractivity contribution < 1.29 is 9.53 Å². The van der Waals surface area contributed by atoms with Gasteiger partial charge < -0.3 is 20.3 Å². The second-order valence-electron chi connectivity index (χ2n) is 8.95. The number of thiophene rings is 1. The van der Waals surface area contributed by atoms with Crippen molar-refractivity contribution in [2.45, 2.75) is 51.7 Å². The molecule has 2 aromatic rings. The van der Waals surface area contributed by atoms with Crippen LogP contribution >= 0.6 is 11.3 Å². The van der Waals surface area contributed by atoms with Crippen molar-refractivity contribution in [3.8, 4) is 0 Å². The lowest BCUT2D eigenvalue weighted by atomic mass is 10.0. The van der Waals surface area contributed by atoms with E-state index in [0.29, 0.717) is 18.4 Å². The Hall–Kier alpha value is -2.54. The first-order valence-corrected chi connectivity index (χ1v) is 11.4. The number of aliphatic imine (C=N–C) groups is 1. The van der Waals surface area contributed by atoms with Crippen molar-refractivity contribution in [1.29, 1.82) is 0 Å². The van der Waals surface area contributed by atoms with Gasteiger partial charge in [0.2, 0.25) is 0 Å². The average Bonchev–Trinajstić information content (AvgIpc) is 3.36. The maximum absolute atomic E-state index is 12.5. The number of fused-ring (bicyclic) bond motifs is 1. The Morgan fingerprint density at radius 2 is 2.10 bits per heavy atom. The van der Waals surface area contributed by atoms with Crippen molar-refractivity contribution in [1.82, 2.24) is 4.90 Å². The molecular formula is C23H30N4O2S. The summed E-state index contributed by atoms with van der Waals surface area (Å²) in [5, 5.41) is 2.00. The zero-order chi connectivity index (χ0) is 21.3. The normalized spacial score (nSPS) is 19.7. The molecule has 7 heteroatoms. The van der Waals surface area contributed by atoms with Crippen LogP contribution in [0, 0.1) is 0 Å². The summed E-state index contributed by atoms with van der Waals surface area (Å²) in [7, 11) is 0. The number of amidine groups is 1. The number of nitrogens with two attached hydrogens (primary N) is 1. The number of hydrogen-bond donors (Lipinski definition) is 1. The highest BCUT2D eigenvalue weighted by Crippen LogP contribution is 2.35. The molecule has 3 heterocycles. The Morgan fingerprint density at radius 1 is 1.27 bits per heavy atom. The number of likely N-dealkylation sites (tertiary alicyclic amines) is 1. The van der Waals surface area contributed by atoms with Gasteiger partial charge in [-0.25, -0.2) is 9.79 Å². The van der Waals surface area contributed by atoms with E-state index in [9.17, 15) is 4.79 Å².